The smallest absolute Gasteiger partial charge is 0.329 e. The van der Waals surface area contributed by atoms with Gasteiger partial charge < -0.3 is 15.7 Å². The molecule has 0 aliphatic carbocycles. The molecular weight excluding hydrogens is 242 g/mol. The molecule has 1 unspecified atom stereocenters. The topological polar surface area (TPSA) is 91.3 Å². The Morgan fingerprint density at radius 2 is 2.29 bits per heavy atom. The third kappa shape index (κ3) is 3.70. The van der Waals surface area contributed by atoms with Crippen LogP contribution in [-0.2, 0) is 11.3 Å². The summed E-state index contributed by atoms with van der Waals surface area (Å²) in [6.07, 6.45) is 1.97. The quantitative estimate of drug-likeness (QED) is 0.739. The number of urea groups is 1. The van der Waals surface area contributed by atoms with Crippen LogP contribution in [0.3, 0.4) is 0 Å². The van der Waals surface area contributed by atoms with Gasteiger partial charge in [0.1, 0.15) is 5.54 Å². The summed E-state index contributed by atoms with van der Waals surface area (Å²) >= 11 is 1.43. The first kappa shape index (κ1) is 13.4. The lowest BCUT2D eigenvalue weighted by Gasteiger charge is -2.24. The van der Waals surface area contributed by atoms with Gasteiger partial charge in [0.2, 0.25) is 0 Å². The van der Waals surface area contributed by atoms with Crippen molar-refractivity contribution in [1.82, 2.24) is 15.6 Å². The van der Waals surface area contributed by atoms with E-state index in [2.05, 4.69) is 15.6 Å². The van der Waals surface area contributed by atoms with Crippen molar-refractivity contribution in [3.63, 3.8) is 0 Å². The van der Waals surface area contributed by atoms with Crippen LogP contribution in [-0.4, -0.2) is 27.6 Å². The summed E-state index contributed by atoms with van der Waals surface area (Å²) in [4.78, 5) is 27.3. The Morgan fingerprint density at radius 1 is 1.59 bits per heavy atom. The molecule has 17 heavy (non-hydrogen) atoms. The highest BCUT2D eigenvalue weighted by Crippen LogP contribution is 2.09. The second-order valence-corrected chi connectivity index (χ2v) is 4.74. The molecule has 0 fully saturated rings. The van der Waals surface area contributed by atoms with Crippen molar-refractivity contribution >= 4 is 23.3 Å². The van der Waals surface area contributed by atoms with Gasteiger partial charge in [0, 0.05) is 11.1 Å². The van der Waals surface area contributed by atoms with Gasteiger partial charge >= 0.3 is 12.0 Å². The molecule has 0 aliphatic heterocycles. The molecule has 6 nitrogen and oxygen atoms in total. The number of carbonyl (C=O) groups is 2. The van der Waals surface area contributed by atoms with E-state index in [-0.39, 0.29) is 0 Å². The van der Waals surface area contributed by atoms with Gasteiger partial charge in [0.25, 0.3) is 0 Å². The summed E-state index contributed by atoms with van der Waals surface area (Å²) in [5, 5.41) is 14.0. The van der Waals surface area contributed by atoms with Crippen LogP contribution in [0.4, 0.5) is 4.79 Å². The number of carboxylic acid groups (broad SMARTS) is 1. The van der Waals surface area contributed by atoms with E-state index in [1.54, 1.807) is 18.6 Å². The number of nitrogens with zero attached hydrogens (tertiary/aromatic N) is 1. The van der Waals surface area contributed by atoms with Crippen LogP contribution >= 0.6 is 11.3 Å². The van der Waals surface area contributed by atoms with E-state index >= 15 is 0 Å². The van der Waals surface area contributed by atoms with Gasteiger partial charge in [-0.25, -0.2) is 9.59 Å². The minimum atomic E-state index is -1.24. The summed E-state index contributed by atoms with van der Waals surface area (Å²) in [6.45, 7) is 3.52. The van der Waals surface area contributed by atoms with Gasteiger partial charge in [0.05, 0.1) is 12.1 Å². The molecule has 0 aliphatic rings. The summed E-state index contributed by atoms with van der Waals surface area (Å²) in [7, 11) is 0. The molecule has 0 aromatic carbocycles. The second kappa shape index (κ2) is 5.62. The Labute approximate surface area is 103 Å². The molecule has 0 bridgehead atoms. The minimum absolute atomic E-state index is 0.316. The van der Waals surface area contributed by atoms with Crippen molar-refractivity contribution in [3.8, 4) is 0 Å². The zero-order chi connectivity index (χ0) is 12.9. The maximum Gasteiger partial charge on any atom is 0.329 e. The average molecular weight is 257 g/mol. The number of aromatic nitrogens is 1. The molecule has 0 spiro atoms. The molecule has 1 heterocycles. The highest BCUT2D eigenvalue weighted by molar-refractivity contribution is 7.09. The number of nitrogens with one attached hydrogen (secondary N) is 2. The van der Waals surface area contributed by atoms with E-state index < -0.39 is 17.5 Å². The number of hydrogen-bond acceptors (Lipinski definition) is 4. The predicted octanol–water partition coefficient (Wildman–Crippen LogP) is 1.20. The van der Waals surface area contributed by atoms with Crippen LogP contribution in [0.25, 0.3) is 0 Å². The molecule has 1 rings (SSSR count). The van der Waals surface area contributed by atoms with Gasteiger partial charge in [-0.3, -0.25) is 4.98 Å². The molecule has 1 aromatic heterocycles. The molecule has 0 saturated carbocycles. The summed E-state index contributed by atoms with van der Waals surface area (Å²) in [5.41, 5.74) is 0.431. The molecule has 94 valence electrons. The van der Waals surface area contributed by atoms with Gasteiger partial charge in [-0.2, -0.15) is 0 Å². The van der Waals surface area contributed by atoms with E-state index in [1.165, 1.54) is 18.3 Å². The molecule has 1 atom stereocenters. The van der Waals surface area contributed by atoms with Gasteiger partial charge in [-0.1, -0.05) is 6.92 Å². The maximum atomic E-state index is 11.5. The molecule has 0 saturated heterocycles. The lowest BCUT2D eigenvalue weighted by atomic mass is 10.00. The van der Waals surface area contributed by atoms with Crippen molar-refractivity contribution in [1.29, 1.82) is 0 Å². The second-order valence-electron chi connectivity index (χ2n) is 3.77. The van der Waals surface area contributed by atoms with Crippen molar-refractivity contribution in [3.05, 3.63) is 16.6 Å². The number of amides is 2. The first-order valence-corrected chi connectivity index (χ1v) is 6.02. The fourth-order valence-electron chi connectivity index (χ4n) is 1.08. The zero-order valence-corrected chi connectivity index (χ0v) is 10.5. The number of thiazole rings is 1. The molecule has 7 heteroatoms. The first-order valence-electron chi connectivity index (χ1n) is 5.14. The summed E-state index contributed by atoms with van der Waals surface area (Å²) < 4.78 is 0. The monoisotopic (exact) mass is 257 g/mol. The van der Waals surface area contributed by atoms with Crippen molar-refractivity contribution in [2.45, 2.75) is 32.4 Å². The molecular formula is C10H15N3O3S. The Hall–Kier alpha value is -1.63. The molecule has 0 radical (unpaired) electrons. The highest BCUT2D eigenvalue weighted by Gasteiger charge is 2.32. The Kier molecular flexibility index (Phi) is 4.45. The van der Waals surface area contributed by atoms with Crippen LogP contribution in [0.2, 0.25) is 0 Å². The summed E-state index contributed by atoms with van der Waals surface area (Å²) in [5.74, 6) is -1.05. The molecule has 3 N–H and O–H groups in total. The van der Waals surface area contributed by atoms with Crippen LogP contribution in [0.5, 0.6) is 0 Å². The number of hydrogen-bond donors (Lipinski definition) is 3. The van der Waals surface area contributed by atoms with E-state index in [4.69, 9.17) is 5.11 Å². The average Bonchev–Trinajstić information content (AvgIpc) is 2.78. The van der Waals surface area contributed by atoms with Crippen LogP contribution in [0.1, 0.15) is 25.1 Å². The Morgan fingerprint density at radius 3 is 2.76 bits per heavy atom. The SMILES string of the molecule is CCC(C)(NC(=O)NCc1cncs1)C(=O)O. The number of aliphatic carboxylic acids is 1. The van der Waals surface area contributed by atoms with E-state index in [0.717, 1.165) is 4.88 Å². The fourth-order valence-corrected chi connectivity index (χ4v) is 1.62. The van der Waals surface area contributed by atoms with Crippen LogP contribution < -0.4 is 10.6 Å². The van der Waals surface area contributed by atoms with Crippen LogP contribution in [0.15, 0.2) is 11.7 Å². The summed E-state index contributed by atoms with van der Waals surface area (Å²) in [6, 6.07) is -0.495. The van der Waals surface area contributed by atoms with E-state index in [1.807, 2.05) is 0 Å². The first-order chi connectivity index (χ1) is 7.98. The maximum absolute atomic E-state index is 11.5. The Bertz CT molecular complexity index is 394. The zero-order valence-electron chi connectivity index (χ0n) is 9.69. The lowest BCUT2D eigenvalue weighted by molar-refractivity contribution is -0.143. The van der Waals surface area contributed by atoms with Crippen LogP contribution in [0, 0.1) is 0 Å². The standard InChI is InChI=1S/C10H15N3O3S/c1-3-10(2,8(14)15)13-9(16)12-5-7-4-11-6-17-7/h4,6H,3,5H2,1-2H3,(H,14,15)(H2,12,13,16). The van der Waals surface area contributed by atoms with Crippen molar-refractivity contribution in [2.75, 3.05) is 0 Å². The lowest BCUT2D eigenvalue weighted by Crippen LogP contribution is -2.54. The number of carbonyl (C=O) groups excluding carboxylic acids is 1. The van der Waals surface area contributed by atoms with E-state index in [9.17, 15) is 9.59 Å². The third-order valence-electron chi connectivity index (χ3n) is 2.48. The normalized spacial score (nSPS) is 13.8. The van der Waals surface area contributed by atoms with Gasteiger partial charge in [-0.15, -0.1) is 11.3 Å². The van der Waals surface area contributed by atoms with Gasteiger partial charge in [0.15, 0.2) is 0 Å². The molecule has 1 aromatic rings. The molecule has 2 amide bonds. The van der Waals surface area contributed by atoms with Crippen molar-refractivity contribution < 1.29 is 14.7 Å². The van der Waals surface area contributed by atoms with E-state index in [0.29, 0.717) is 13.0 Å². The number of carboxylic acids is 1. The third-order valence-corrected chi connectivity index (χ3v) is 3.25. The van der Waals surface area contributed by atoms with Gasteiger partial charge in [-0.05, 0) is 13.3 Å². The largest absolute Gasteiger partial charge is 0.480 e. The fraction of sp³-hybridized carbons (Fsp3) is 0.500. The predicted molar refractivity (Wildman–Crippen MR) is 63.8 cm³/mol. The Balaban J connectivity index is 2.46. The van der Waals surface area contributed by atoms with Crippen molar-refractivity contribution in [2.24, 2.45) is 0 Å². The minimum Gasteiger partial charge on any atom is -0.480 e. The highest BCUT2D eigenvalue weighted by atomic mass is 32.1. The number of rotatable bonds is 5.